The zero-order valence-electron chi connectivity index (χ0n) is 58.6. The van der Waals surface area contributed by atoms with E-state index in [1.54, 1.807) is 13.8 Å². The third-order valence-corrected chi connectivity index (χ3v) is 94.7. The van der Waals surface area contributed by atoms with Crippen LogP contribution in [0.2, 0.25) is 0 Å². The minimum absolute atomic E-state index is 0.0140. The summed E-state index contributed by atoms with van der Waals surface area (Å²) in [6.45, 7) is 46.5. The van der Waals surface area contributed by atoms with E-state index in [-0.39, 0.29) is 82.3 Å². The summed E-state index contributed by atoms with van der Waals surface area (Å²) >= 11 is 0. The van der Waals surface area contributed by atoms with Gasteiger partial charge in [-0.1, -0.05) is 195 Å². The molecule has 0 amide bonds. The molecule has 0 heterocycles. The van der Waals surface area contributed by atoms with Gasteiger partial charge in [0.15, 0.2) is 0 Å². The fraction of sp³-hybridized carbons (Fsp3) is 0.459. The van der Waals surface area contributed by atoms with Crippen LogP contribution in [0.4, 0.5) is 0 Å². The van der Waals surface area contributed by atoms with Crippen molar-refractivity contribution in [1.29, 1.82) is 26.3 Å². The van der Waals surface area contributed by atoms with Crippen LogP contribution < -0.4 is 0 Å². The third-order valence-electron chi connectivity index (χ3n) is 15.8. The van der Waals surface area contributed by atoms with Gasteiger partial charge >= 0.3 is 0 Å². The lowest BCUT2D eigenvalue weighted by atomic mass is 9.82. The molecule has 4 aliphatic carbocycles. The summed E-state index contributed by atoms with van der Waals surface area (Å²) in [6.07, 6.45) is 33.3. The minimum atomic E-state index is -0.0504. The first kappa shape index (κ1) is 93.4. The molecule has 0 N–H and O–H groups in total. The van der Waals surface area contributed by atoms with Gasteiger partial charge in [0, 0.05) is 11.8 Å². The lowest BCUT2D eigenvalue weighted by molar-refractivity contribution is 0.482. The molecular formula is C74H104N8P14. The van der Waals surface area contributed by atoms with Crippen LogP contribution in [0.5, 0.6) is 0 Å². The quantitative estimate of drug-likeness (QED) is 0.0576. The Morgan fingerprint density at radius 1 is 0.458 bits per heavy atom. The van der Waals surface area contributed by atoms with Crippen molar-refractivity contribution in [3.05, 3.63) is 174 Å². The third kappa shape index (κ3) is 34.4. The molecule has 4 saturated carbocycles. The Morgan fingerprint density at radius 2 is 0.792 bits per heavy atom. The number of hydrogen-bond acceptors (Lipinski definition) is 5. The molecule has 4 fully saturated rings. The molecular weight excluding hydrogens is 1430 g/mol. The Kier molecular flexibility index (Phi) is 54.5. The number of benzene rings is 2. The van der Waals surface area contributed by atoms with Gasteiger partial charge in [0.25, 0.3) is 17.1 Å². The highest BCUT2D eigenvalue weighted by Crippen LogP contribution is 3.21. The maximum absolute atomic E-state index is 9.47. The van der Waals surface area contributed by atoms with Gasteiger partial charge in [-0.05, 0) is 208 Å². The largest absolute Gasteiger partial charge is 0.265 e. The van der Waals surface area contributed by atoms with Crippen LogP contribution in [0.15, 0.2) is 118 Å². The van der Waals surface area contributed by atoms with Crippen molar-refractivity contribution >= 4 is 138 Å². The molecule has 0 radical (unpaired) electrons. The first-order valence-corrected chi connectivity index (χ1v) is 57.0. The highest BCUT2D eigenvalue weighted by atomic mass is 33.3. The zero-order valence-corrected chi connectivity index (χ0v) is 73.2. The fourth-order valence-electron chi connectivity index (χ4n) is 11.4. The molecule has 4 aliphatic rings. The normalized spacial score (nSPS) is 20.5. The Balaban J connectivity index is 0.00000120. The predicted octanol–water partition coefficient (Wildman–Crippen LogP) is 28.3. The molecule has 0 spiro atoms. The van der Waals surface area contributed by atoms with E-state index < -0.39 is 0 Å². The van der Waals surface area contributed by atoms with Crippen LogP contribution in [0, 0.1) is 147 Å². The van der Waals surface area contributed by atoms with Crippen molar-refractivity contribution < 1.29 is 0 Å². The number of nitrogens with zero attached hydrogens (tertiary/aromatic N) is 8. The molecule has 2 aromatic carbocycles. The molecule has 0 saturated heterocycles. The van der Waals surface area contributed by atoms with Gasteiger partial charge in [-0.2, -0.15) is 10.5 Å². The van der Waals surface area contributed by atoms with E-state index in [2.05, 4.69) is 236 Å². The highest BCUT2D eigenvalue weighted by Gasteiger charge is 2.35. The maximum atomic E-state index is 9.47. The van der Waals surface area contributed by atoms with Gasteiger partial charge in [-0.25, -0.2) is 30.3 Å². The van der Waals surface area contributed by atoms with Gasteiger partial charge in [-0.15, -0.1) is 83.3 Å². The standard InChI is InChI=1S/C25H22N4.C19H22.C15H14N4.C9H14.2C3H8.H16P14/c1-5-7-19-10-12-20(13-11-19)14-15-21-8-6-9-22(21)25(24(17-27)29-4)18(2)23(16-26)28-3;1-3-6-16-10-12-17(13-11-16)14-15-19-9-5-8-18(19)7-4-2;1-10-5-4-6-13(10)15(12(7-16)8-17)11(2)14(9-18)19-3;1-3-5-9-7-4-6-8(9)2;2*1-3-2;1-9(2)13(10(3)4)14(11(5)6)12(7)8/h5,7,10-15,21-22H,6,8-9H2,1-2H3;3,6,10-15,18-19H,5,8-9H2,1-2H3;10,13H,4-6H2,1-2H3;8-9H,4,6-7H2,1-2H3;2*3H2,1-2H3;1-8H2/b7-5?,15-14?,23-18-,25-24-;;14-11+;;;;. The lowest BCUT2D eigenvalue weighted by Gasteiger charge is -2.37. The zero-order chi connectivity index (χ0) is 72.7. The van der Waals surface area contributed by atoms with Crippen molar-refractivity contribution in [3.63, 3.8) is 0 Å². The number of allylic oxidation sites excluding steroid dienone is 12. The van der Waals surface area contributed by atoms with Crippen LogP contribution in [0.1, 0.15) is 195 Å². The van der Waals surface area contributed by atoms with Crippen molar-refractivity contribution in [2.24, 2.45) is 47.3 Å². The average molecular weight is 1540 g/mol. The van der Waals surface area contributed by atoms with E-state index in [1.807, 2.05) is 70.2 Å². The topological polar surface area (TPSA) is 132 Å². The van der Waals surface area contributed by atoms with E-state index >= 15 is 0 Å². The highest BCUT2D eigenvalue weighted by molar-refractivity contribution is 9.27. The van der Waals surface area contributed by atoms with Gasteiger partial charge in [0.05, 0.1) is 37.9 Å². The van der Waals surface area contributed by atoms with Crippen molar-refractivity contribution in [3.8, 4) is 54.0 Å². The molecule has 16 atom stereocenters. The number of rotatable bonds is 15. The minimum Gasteiger partial charge on any atom is -0.226 e. The van der Waals surface area contributed by atoms with Crippen LogP contribution in [-0.4, -0.2) is 0 Å². The predicted molar refractivity (Wildman–Crippen MR) is 460 cm³/mol. The molecule has 0 aromatic heterocycles. The van der Waals surface area contributed by atoms with Crippen molar-refractivity contribution in [2.75, 3.05) is 0 Å². The Hall–Kier alpha value is -2.58. The second-order valence-corrected chi connectivity index (χ2v) is 76.6. The van der Waals surface area contributed by atoms with Gasteiger partial charge in [0.1, 0.15) is 17.7 Å². The fourth-order valence-corrected chi connectivity index (χ4v) is 159. The van der Waals surface area contributed by atoms with Gasteiger partial charge in [-0.3, -0.25) is 0 Å². The van der Waals surface area contributed by atoms with E-state index in [1.165, 1.54) is 62.5 Å². The van der Waals surface area contributed by atoms with E-state index in [9.17, 15) is 10.5 Å². The van der Waals surface area contributed by atoms with Crippen molar-refractivity contribution in [2.45, 2.75) is 173 Å². The van der Waals surface area contributed by atoms with Crippen LogP contribution in [-0.2, 0) is 0 Å². The second-order valence-electron chi connectivity index (χ2n) is 23.1. The first-order chi connectivity index (χ1) is 46.0. The summed E-state index contributed by atoms with van der Waals surface area (Å²) in [5, 5.41) is 45.9. The summed E-state index contributed by atoms with van der Waals surface area (Å²) in [6, 6.07) is 26.5. The smallest absolute Gasteiger partial charge is 0.226 e. The SMILES string of the molecule is CC#CC1CCCC1C.CC#CC1CCCC1C=Cc1ccc(C=CC)cc1.CCC.CCC.PP(P)P(P(P)P)P(P(P)P)P(P)P.[C-]#[N+]/C(C#N)=C(C)\C(=C(/C#N)[N+]#[C-])C1CCCC1C=Cc1ccc(C=CC)cc1.[C-]#[N+]/C(C#N)=C(\C)C(=C(C#N)C#N)C1CCCC1C. The molecule has 0 aliphatic heterocycles. The summed E-state index contributed by atoms with van der Waals surface area (Å²) in [5.41, 5.74) is 6.81. The summed E-state index contributed by atoms with van der Waals surface area (Å²) in [5.74, 6) is 16.0. The van der Waals surface area contributed by atoms with E-state index in [4.69, 9.17) is 35.5 Å². The van der Waals surface area contributed by atoms with E-state index in [0.29, 0.717) is 40.0 Å². The Labute approximate surface area is 608 Å². The molecule has 510 valence electrons. The summed E-state index contributed by atoms with van der Waals surface area (Å²) in [7, 11) is 24.4. The van der Waals surface area contributed by atoms with E-state index in [0.717, 1.165) is 61.5 Å². The molecule has 16 unspecified atom stereocenters. The molecule has 96 heavy (non-hydrogen) atoms. The maximum Gasteiger partial charge on any atom is 0.265 e. The molecule has 8 nitrogen and oxygen atoms in total. The number of hydrogen-bond donors (Lipinski definition) is 0. The van der Waals surface area contributed by atoms with Crippen LogP contribution in [0.3, 0.4) is 0 Å². The monoisotopic (exact) mass is 1540 g/mol. The van der Waals surface area contributed by atoms with Gasteiger partial charge in [0.2, 0.25) is 0 Å². The first-order valence-electron chi connectivity index (χ1n) is 32.5. The molecule has 6 rings (SSSR count). The average Bonchev–Trinajstić information content (AvgIpc) is 1.54. The van der Waals surface area contributed by atoms with Crippen LogP contribution >= 0.6 is 113 Å². The molecule has 22 heteroatoms. The summed E-state index contributed by atoms with van der Waals surface area (Å²) < 4.78 is 0. The second kappa shape index (κ2) is 56.0. The lowest BCUT2D eigenvalue weighted by Crippen LogP contribution is -2.12. The summed E-state index contributed by atoms with van der Waals surface area (Å²) in [4.78, 5) is 9.88. The van der Waals surface area contributed by atoms with Crippen LogP contribution in [0.25, 0.3) is 38.8 Å². The number of nitriles is 5. The van der Waals surface area contributed by atoms with Crippen molar-refractivity contribution in [1.82, 2.24) is 0 Å². The molecule has 2 aromatic rings. The Bertz CT molecular complexity index is 3370. The molecule has 0 bridgehead atoms. The Morgan fingerprint density at radius 3 is 1.14 bits per heavy atom. The van der Waals surface area contributed by atoms with Gasteiger partial charge < -0.3 is 0 Å².